The van der Waals surface area contributed by atoms with Crippen molar-refractivity contribution in [3.05, 3.63) is 53.1 Å². The van der Waals surface area contributed by atoms with Gasteiger partial charge in [-0.15, -0.1) is 0 Å². The van der Waals surface area contributed by atoms with Gasteiger partial charge in [0.15, 0.2) is 17.3 Å². The number of methoxy groups -OCH3 is 1. The van der Waals surface area contributed by atoms with Crippen LogP contribution in [0.3, 0.4) is 0 Å². The molecule has 1 N–H and O–H groups in total. The Hall–Kier alpha value is -3.06. The highest BCUT2D eigenvalue weighted by Crippen LogP contribution is 2.43. The highest BCUT2D eigenvalue weighted by atomic mass is 16.7. The van der Waals surface area contributed by atoms with Crippen LogP contribution in [-0.4, -0.2) is 49.6 Å². The molecule has 1 fully saturated rings. The minimum absolute atomic E-state index is 0.0159. The first-order chi connectivity index (χ1) is 14.0. The average Bonchev–Trinajstić information content (AvgIpc) is 3.30. The van der Waals surface area contributed by atoms with E-state index in [1.807, 2.05) is 19.1 Å². The van der Waals surface area contributed by atoms with E-state index in [1.54, 1.807) is 31.4 Å². The predicted octanol–water partition coefficient (Wildman–Crippen LogP) is 2.24. The number of carbonyl (C=O) groups excluding carboxylic acids is 2. The molecule has 3 heterocycles. The van der Waals surface area contributed by atoms with Gasteiger partial charge in [0.1, 0.15) is 0 Å². The molecule has 0 aromatic heterocycles. The van der Waals surface area contributed by atoms with E-state index >= 15 is 0 Å². The lowest BCUT2D eigenvalue weighted by Crippen LogP contribution is -2.47. The lowest BCUT2D eigenvalue weighted by molar-refractivity contribution is 0.0789. The zero-order valence-corrected chi connectivity index (χ0v) is 16.4. The molecular weight excluding hydrogens is 372 g/mol. The molecule has 1 amide bonds. The van der Waals surface area contributed by atoms with Crippen molar-refractivity contribution in [3.63, 3.8) is 0 Å². The van der Waals surface area contributed by atoms with Crippen molar-refractivity contribution in [2.75, 3.05) is 27.0 Å². The van der Waals surface area contributed by atoms with Crippen molar-refractivity contribution in [1.82, 2.24) is 10.2 Å². The van der Waals surface area contributed by atoms with E-state index in [0.717, 1.165) is 5.56 Å². The molecule has 3 aliphatic heterocycles. The molecule has 0 spiro atoms. The first-order valence-corrected chi connectivity index (χ1v) is 9.63. The van der Waals surface area contributed by atoms with Gasteiger partial charge in [-0.25, -0.2) is 0 Å². The molecule has 2 aromatic carbocycles. The second kappa shape index (κ2) is 6.49. The minimum Gasteiger partial charge on any atom is -0.493 e. The van der Waals surface area contributed by atoms with Crippen molar-refractivity contribution in [3.8, 4) is 17.2 Å². The number of fused-ring (bicyclic) bond motifs is 3. The van der Waals surface area contributed by atoms with Crippen LogP contribution in [0.1, 0.15) is 33.2 Å². The Morgan fingerprint density at radius 1 is 1.21 bits per heavy atom. The van der Waals surface area contributed by atoms with Crippen LogP contribution in [0.5, 0.6) is 17.2 Å². The van der Waals surface area contributed by atoms with E-state index in [2.05, 4.69) is 10.2 Å². The number of nitrogens with one attached hydrogen (secondary N) is 1. The molecule has 0 unspecified atom stereocenters. The van der Waals surface area contributed by atoms with Gasteiger partial charge >= 0.3 is 0 Å². The number of ketones is 1. The Labute approximate surface area is 168 Å². The quantitative estimate of drug-likeness (QED) is 0.861. The van der Waals surface area contributed by atoms with Crippen LogP contribution in [-0.2, 0) is 6.54 Å². The van der Waals surface area contributed by atoms with Gasteiger partial charge in [-0.3, -0.25) is 14.5 Å². The van der Waals surface area contributed by atoms with E-state index in [0.29, 0.717) is 48.0 Å². The van der Waals surface area contributed by atoms with Crippen LogP contribution in [0.2, 0.25) is 0 Å². The Morgan fingerprint density at radius 3 is 2.79 bits per heavy atom. The SMILES string of the molecule is COc1cc(CN2C[C@H]3NC(=O)c4ccccc4C(=O)[C@@]3(C)C2)cc2c1OCO2. The number of likely N-dealkylation sites (tertiary alicyclic amines) is 1. The Balaban J connectivity index is 1.43. The van der Waals surface area contributed by atoms with Crippen molar-refractivity contribution in [2.45, 2.75) is 19.5 Å². The first-order valence-electron chi connectivity index (χ1n) is 9.63. The molecule has 2 aromatic rings. The molecule has 0 aliphatic carbocycles. The van der Waals surface area contributed by atoms with Crippen LogP contribution >= 0.6 is 0 Å². The maximum absolute atomic E-state index is 13.4. The highest BCUT2D eigenvalue weighted by molar-refractivity contribution is 6.12. The number of hydrogen-bond donors (Lipinski definition) is 1. The number of rotatable bonds is 3. The third-order valence-corrected chi connectivity index (χ3v) is 6.13. The fraction of sp³-hybridized carbons (Fsp3) is 0.364. The predicted molar refractivity (Wildman–Crippen MR) is 105 cm³/mol. The maximum Gasteiger partial charge on any atom is 0.252 e. The number of Topliss-reactive ketones (excluding diaryl/α,β-unsaturated/α-hetero) is 1. The number of benzene rings is 2. The third-order valence-electron chi connectivity index (χ3n) is 6.13. The summed E-state index contributed by atoms with van der Waals surface area (Å²) in [6.45, 7) is 3.89. The zero-order valence-electron chi connectivity index (χ0n) is 16.4. The number of hydrogen-bond acceptors (Lipinski definition) is 6. The summed E-state index contributed by atoms with van der Waals surface area (Å²) in [7, 11) is 1.60. The van der Waals surface area contributed by atoms with E-state index in [-0.39, 0.29) is 24.5 Å². The number of nitrogens with zero attached hydrogens (tertiary/aromatic N) is 1. The van der Waals surface area contributed by atoms with Gasteiger partial charge in [-0.1, -0.05) is 18.2 Å². The van der Waals surface area contributed by atoms with Crippen LogP contribution < -0.4 is 19.5 Å². The van der Waals surface area contributed by atoms with E-state index in [4.69, 9.17) is 14.2 Å². The highest BCUT2D eigenvalue weighted by Gasteiger charge is 2.51. The maximum atomic E-state index is 13.4. The molecule has 5 rings (SSSR count). The van der Waals surface area contributed by atoms with Gasteiger partial charge in [0.2, 0.25) is 12.5 Å². The van der Waals surface area contributed by atoms with Gasteiger partial charge in [0, 0.05) is 25.2 Å². The molecule has 0 bridgehead atoms. The van der Waals surface area contributed by atoms with Crippen molar-refractivity contribution >= 4 is 11.7 Å². The van der Waals surface area contributed by atoms with Crippen molar-refractivity contribution in [1.29, 1.82) is 0 Å². The molecule has 29 heavy (non-hydrogen) atoms. The number of carbonyl (C=O) groups is 2. The molecule has 150 valence electrons. The summed E-state index contributed by atoms with van der Waals surface area (Å²) in [6, 6.07) is 10.7. The summed E-state index contributed by atoms with van der Waals surface area (Å²) < 4.78 is 16.4. The van der Waals surface area contributed by atoms with Gasteiger partial charge in [0.25, 0.3) is 5.91 Å². The molecule has 1 saturated heterocycles. The Kier molecular flexibility index (Phi) is 4.03. The molecule has 7 nitrogen and oxygen atoms in total. The van der Waals surface area contributed by atoms with Crippen LogP contribution in [0.25, 0.3) is 0 Å². The summed E-state index contributed by atoms with van der Waals surface area (Å²) in [5.74, 6) is 1.75. The Morgan fingerprint density at radius 2 is 2.00 bits per heavy atom. The van der Waals surface area contributed by atoms with E-state index in [1.165, 1.54) is 0 Å². The van der Waals surface area contributed by atoms with Crippen LogP contribution in [0.4, 0.5) is 0 Å². The lowest BCUT2D eigenvalue weighted by Gasteiger charge is -2.27. The summed E-state index contributed by atoms with van der Waals surface area (Å²) in [4.78, 5) is 28.2. The normalized spacial score (nSPS) is 25.2. The molecule has 0 saturated carbocycles. The monoisotopic (exact) mass is 394 g/mol. The van der Waals surface area contributed by atoms with Crippen molar-refractivity contribution in [2.24, 2.45) is 5.41 Å². The van der Waals surface area contributed by atoms with Gasteiger partial charge < -0.3 is 19.5 Å². The van der Waals surface area contributed by atoms with Crippen LogP contribution in [0.15, 0.2) is 36.4 Å². The largest absolute Gasteiger partial charge is 0.493 e. The zero-order chi connectivity index (χ0) is 20.2. The second-order valence-corrected chi connectivity index (χ2v) is 8.02. The summed E-state index contributed by atoms with van der Waals surface area (Å²) in [5.41, 5.74) is 1.29. The second-order valence-electron chi connectivity index (χ2n) is 8.02. The summed E-state index contributed by atoms with van der Waals surface area (Å²) >= 11 is 0. The Bertz CT molecular complexity index is 1020. The summed E-state index contributed by atoms with van der Waals surface area (Å²) in [5, 5.41) is 3.08. The smallest absolute Gasteiger partial charge is 0.252 e. The molecule has 0 radical (unpaired) electrons. The summed E-state index contributed by atoms with van der Waals surface area (Å²) in [6.07, 6.45) is 0. The van der Waals surface area contributed by atoms with Gasteiger partial charge in [-0.05, 0) is 30.7 Å². The number of ether oxygens (including phenoxy) is 3. The van der Waals surface area contributed by atoms with E-state index < -0.39 is 5.41 Å². The standard InChI is InChI=1S/C22H22N2O5/c1-22-11-24(9-13-7-16(27-2)19-17(8-13)28-12-29-19)10-18(22)23-21(26)15-6-4-3-5-14(15)20(22)25/h3-8,18H,9-12H2,1-2H3,(H,23,26)/t18-,22+/m1/s1. The fourth-order valence-electron chi connectivity index (χ4n) is 4.61. The van der Waals surface area contributed by atoms with Gasteiger partial charge in [-0.2, -0.15) is 0 Å². The van der Waals surface area contributed by atoms with E-state index in [9.17, 15) is 9.59 Å². The van der Waals surface area contributed by atoms with Crippen LogP contribution in [0, 0.1) is 5.41 Å². The lowest BCUT2D eigenvalue weighted by atomic mass is 9.78. The first kappa shape index (κ1) is 18.0. The topological polar surface area (TPSA) is 77.1 Å². The fourth-order valence-corrected chi connectivity index (χ4v) is 4.61. The number of amides is 1. The molecule has 7 heteroatoms. The molecule has 2 atom stereocenters. The third kappa shape index (κ3) is 2.76. The van der Waals surface area contributed by atoms with Crippen molar-refractivity contribution < 1.29 is 23.8 Å². The molecule has 3 aliphatic rings. The average molecular weight is 394 g/mol. The molecular formula is C22H22N2O5. The van der Waals surface area contributed by atoms with Gasteiger partial charge in [0.05, 0.1) is 24.1 Å². The minimum atomic E-state index is -0.678.